The van der Waals surface area contributed by atoms with Crippen LogP contribution in [0.3, 0.4) is 0 Å². The molecule has 1 aliphatic heterocycles. The van der Waals surface area contributed by atoms with E-state index in [0.29, 0.717) is 10.7 Å². The summed E-state index contributed by atoms with van der Waals surface area (Å²) in [5.41, 5.74) is 0.494. The number of hydrogen-bond donors (Lipinski definition) is 1. The lowest BCUT2D eigenvalue weighted by Crippen LogP contribution is -2.50. The molecule has 1 amide bonds. The van der Waals surface area contributed by atoms with E-state index in [4.69, 9.17) is 11.6 Å². The van der Waals surface area contributed by atoms with Crippen LogP contribution in [0, 0.1) is 0 Å². The molecule has 0 spiro atoms. The normalized spacial score (nSPS) is 16.5. The Bertz CT molecular complexity index is 1110. The first-order chi connectivity index (χ1) is 13.6. The van der Waals surface area contributed by atoms with E-state index in [2.05, 4.69) is 5.32 Å². The molecule has 3 rings (SSSR count). The summed E-state index contributed by atoms with van der Waals surface area (Å²) in [6.07, 6.45) is 0. The Morgan fingerprint density at radius 3 is 1.86 bits per heavy atom. The molecule has 0 unspecified atom stereocenters. The summed E-state index contributed by atoms with van der Waals surface area (Å²) in [7, 11) is -7.52. The molecule has 156 valence electrons. The highest BCUT2D eigenvalue weighted by Crippen LogP contribution is 2.24. The Morgan fingerprint density at radius 2 is 1.38 bits per heavy atom. The molecular formula is C18H20ClN3O5S2. The summed E-state index contributed by atoms with van der Waals surface area (Å²) in [5, 5.41) is 2.89. The van der Waals surface area contributed by atoms with Gasteiger partial charge in [0.1, 0.15) is 0 Å². The van der Waals surface area contributed by atoms with Gasteiger partial charge in [-0.05, 0) is 42.5 Å². The van der Waals surface area contributed by atoms with Crippen molar-refractivity contribution < 1.29 is 21.6 Å². The highest BCUT2D eigenvalue weighted by atomic mass is 35.5. The standard InChI is InChI=1S/C18H20ClN3O5S2/c1-14(23)20-16-5-7-17(8-6-16)28(24,25)21-9-11-22(12-10-21)29(26,27)18-4-2-3-15(19)13-18/h2-8,13H,9-12H2,1H3,(H,20,23). The third-order valence-corrected chi connectivity index (χ3v) is 8.49. The van der Waals surface area contributed by atoms with Gasteiger partial charge in [-0.15, -0.1) is 0 Å². The number of rotatable bonds is 5. The molecule has 0 atom stereocenters. The van der Waals surface area contributed by atoms with Crippen LogP contribution in [-0.4, -0.2) is 57.5 Å². The average molecular weight is 458 g/mol. The van der Waals surface area contributed by atoms with E-state index < -0.39 is 20.0 Å². The van der Waals surface area contributed by atoms with E-state index >= 15 is 0 Å². The maximum Gasteiger partial charge on any atom is 0.243 e. The topological polar surface area (TPSA) is 104 Å². The molecule has 0 radical (unpaired) electrons. The van der Waals surface area contributed by atoms with Gasteiger partial charge < -0.3 is 5.32 Å². The Hall–Kier alpha value is -1.98. The largest absolute Gasteiger partial charge is 0.326 e. The maximum atomic E-state index is 12.8. The van der Waals surface area contributed by atoms with Crippen molar-refractivity contribution in [2.45, 2.75) is 16.7 Å². The zero-order chi connectivity index (χ0) is 21.2. The van der Waals surface area contributed by atoms with Crippen LogP contribution < -0.4 is 5.32 Å². The van der Waals surface area contributed by atoms with Crippen LogP contribution in [0.1, 0.15) is 6.92 Å². The Balaban J connectivity index is 1.72. The number of nitrogens with one attached hydrogen (secondary N) is 1. The van der Waals surface area contributed by atoms with Gasteiger partial charge in [0.25, 0.3) is 0 Å². The summed E-state index contributed by atoms with van der Waals surface area (Å²) in [6, 6.07) is 11.8. The predicted octanol–water partition coefficient (Wildman–Crippen LogP) is 1.99. The second-order valence-electron chi connectivity index (χ2n) is 6.47. The molecule has 2 aromatic carbocycles. The molecule has 1 heterocycles. The fourth-order valence-electron chi connectivity index (χ4n) is 2.99. The van der Waals surface area contributed by atoms with E-state index in [1.165, 1.54) is 51.9 Å². The highest BCUT2D eigenvalue weighted by Gasteiger charge is 2.33. The number of halogens is 1. The Labute approximate surface area is 175 Å². The maximum absolute atomic E-state index is 12.8. The minimum atomic E-state index is -3.77. The lowest BCUT2D eigenvalue weighted by molar-refractivity contribution is -0.114. The molecule has 1 saturated heterocycles. The highest BCUT2D eigenvalue weighted by molar-refractivity contribution is 7.89. The van der Waals surface area contributed by atoms with Crippen molar-refractivity contribution in [2.75, 3.05) is 31.5 Å². The molecule has 0 aromatic heterocycles. The SMILES string of the molecule is CC(=O)Nc1ccc(S(=O)(=O)N2CCN(S(=O)(=O)c3cccc(Cl)c3)CC2)cc1. The van der Waals surface area contributed by atoms with Gasteiger partial charge in [-0.3, -0.25) is 4.79 Å². The number of sulfonamides is 2. The Morgan fingerprint density at radius 1 is 0.862 bits per heavy atom. The lowest BCUT2D eigenvalue weighted by atomic mass is 10.3. The molecule has 8 nitrogen and oxygen atoms in total. The molecule has 29 heavy (non-hydrogen) atoms. The van der Waals surface area contributed by atoms with E-state index in [1.54, 1.807) is 12.1 Å². The van der Waals surface area contributed by atoms with E-state index in [-0.39, 0.29) is 41.9 Å². The van der Waals surface area contributed by atoms with Crippen LogP contribution in [0.5, 0.6) is 0 Å². The van der Waals surface area contributed by atoms with E-state index in [1.807, 2.05) is 0 Å². The van der Waals surface area contributed by atoms with Crippen molar-refractivity contribution in [3.8, 4) is 0 Å². The summed E-state index contributed by atoms with van der Waals surface area (Å²) < 4.78 is 53.7. The third kappa shape index (κ3) is 4.78. The van der Waals surface area contributed by atoms with E-state index in [9.17, 15) is 21.6 Å². The number of carbonyl (C=O) groups excluding carboxylic acids is 1. The molecule has 0 saturated carbocycles. The average Bonchev–Trinajstić information content (AvgIpc) is 2.68. The van der Waals surface area contributed by atoms with Gasteiger partial charge in [-0.1, -0.05) is 17.7 Å². The van der Waals surface area contributed by atoms with Gasteiger partial charge in [0.2, 0.25) is 26.0 Å². The van der Waals surface area contributed by atoms with Crippen LogP contribution >= 0.6 is 11.6 Å². The summed E-state index contributed by atoms with van der Waals surface area (Å²) in [6.45, 7) is 1.52. The van der Waals surface area contributed by atoms with Gasteiger partial charge in [-0.25, -0.2) is 16.8 Å². The molecule has 11 heteroatoms. The second kappa shape index (κ2) is 8.41. The minimum absolute atomic E-state index is 0.0373. The van der Waals surface area contributed by atoms with Gasteiger partial charge >= 0.3 is 0 Å². The Kier molecular flexibility index (Phi) is 6.30. The fourth-order valence-corrected chi connectivity index (χ4v) is 6.14. The fraction of sp³-hybridized carbons (Fsp3) is 0.278. The number of benzene rings is 2. The van der Waals surface area contributed by atoms with Gasteiger partial charge in [0.05, 0.1) is 9.79 Å². The zero-order valence-electron chi connectivity index (χ0n) is 15.6. The molecule has 1 fully saturated rings. The number of hydrogen-bond acceptors (Lipinski definition) is 5. The van der Waals surface area contributed by atoms with Crippen molar-refractivity contribution >= 4 is 43.2 Å². The molecule has 1 aliphatic rings. The predicted molar refractivity (Wildman–Crippen MR) is 110 cm³/mol. The third-order valence-electron chi connectivity index (χ3n) is 4.44. The first-order valence-corrected chi connectivity index (χ1v) is 12.0. The smallest absolute Gasteiger partial charge is 0.243 e. The van der Waals surface area contributed by atoms with Gasteiger partial charge in [0, 0.05) is 43.8 Å². The zero-order valence-corrected chi connectivity index (χ0v) is 18.0. The first kappa shape index (κ1) is 21.7. The summed E-state index contributed by atoms with van der Waals surface area (Å²) in [4.78, 5) is 11.2. The quantitative estimate of drug-likeness (QED) is 0.739. The first-order valence-electron chi connectivity index (χ1n) is 8.74. The van der Waals surface area contributed by atoms with Gasteiger partial charge in [0.15, 0.2) is 0 Å². The lowest BCUT2D eigenvalue weighted by Gasteiger charge is -2.33. The van der Waals surface area contributed by atoms with Crippen molar-refractivity contribution in [2.24, 2.45) is 0 Å². The number of piperazine rings is 1. The van der Waals surface area contributed by atoms with Crippen LogP contribution in [0.2, 0.25) is 5.02 Å². The van der Waals surface area contributed by atoms with Crippen molar-refractivity contribution in [3.63, 3.8) is 0 Å². The number of carbonyl (C=O) groups is 1. The minimum Gasteiger partial charge on any atom is -0.326 e. The van der Waals surface area contributed by atoms with Crippen molar-refractivity contribution in [3.05, 3.63) is 53.6 Å². The molecule has 0 aliphatic carbocycles. The molecule has 1 N–H and O–H groups in total. The van der Waals surface area contributed by atoms with Crippen LogP contribution in [0.15, 0.2) is 58.3 Å². The summed E-state index contributed by atoms with van der Waals surface area (Å²) >= 11 is 5.89. The van der Waals surface area contributed by atoms with Crippen LogP contribution in [-0.2, 0) is 24.8 Å². The van der Waals surface area contributed by atoms with Crippen molar-refractivity contribution in [1.82, 2.24) is 8.61 Å². The number of amides is 1. The molecule has 0 bridgehead atoms. The van der Waals surface area contributed by atoms with E-state index in [0.717, 1.165) is 0 Å². The number of anilines is 1. The monoisotopic (exact) mass is 457 g/mol. The van der Waals surface area contributed by atoms with Crippen molar-refractivity contribution in [1.29, 1.82) is 0 Å². The second-order valence-corrected chi connectivity index (χ2v) is 10.8. The summed E-state index contributed by atoms with van der Waals surface area (Å²) in [5.74, 6) is -0.252. The van der Waals surface area contributed by atoms with Gasteiger partial charge in [-0.2, -0.15) is 8.61 Å². The van der Waals surface area contributed by atoms with Crippen LogP contribution in [0.25, 0.3) is 0 Å². The number of nitrogens with zero attached hydrogens (tertiary/aromatic N) is 2. The molecule has 2 aromatic rings. The van der Waals surface area contributed by atoms with Crippen LogP contribution in [0.4, 0.5) is 5.69 Å². The molecular weight excluding hydrogens is 438 g/mol.